The highest BCUT2D eigenvalue weighted by Crippen LogP contribution is 2.54. The van der Waals surface area contributed by atoms with Gasteiger partial charge in [-0.3, -0.25) is 4.90 Å². The molecule has 7 heteroatoms. The molecule has 3 atom stereocenters. The minimum atomic E-state index is -0.212. The maximum Gasteiger partial charge on any atom is 0.140 e. The third-order valence-electron chi connectivity index (χ3n) is 6.48. The molecule has 0 spiro atoms. The Morgan fingerprint density at radius 3 is 2.38 bits per heavy atom. The molecule has 1 saturated heterocycles. The number of hydrogen-bond donors (Lipinski definition) is 2. The number of hydrogen-bond acceptors (Lipinski definition) is 6. The molecule has 0 aromatic heterocycles. The molecule has 0 radical (unpaired) electrons. The summed E-state index contributed by atoms with van der Waals surface area (Å²) in [5.41, 5.74) is 2.11. The Labute approximate surface area is 211 Å². The average Bonchev–Trinajstić information content (AvgIpc) is 3.24. The van der Waals surface area contributed by atoms with Crippen LogP contribution in [0.15, 0.2) is 71.6 Å². The van der Waals surface area contributed by atoms with Gasteiger partial charge in [-0.25, -0.2) is 0 Å². The van der Waals surface area contributed by atoms with E-state index in [1.54, 1.807) is 36.0 Å². The quantitative estimate of drug-likeness (QED) is 0.412. The first-order valence-corrected chi connectivity index (χ1v) is 12.4. The van der Waals surface area contributed by atoms with Gasteiger partial charge in [0.15, 0.2) is 0 Å². The van der Waals surface area contributed by atoms with Crippen LogP contribution in [0.5, 0.6) is 23.0 Å². The molecule has 2 N–H and O–H groups in total. The van der Waals surface area contributed by atoms with Crippen LogP contribution in [0.4, 0.5) is 0 Å². The van der Waals surface area contributed by atoms with Crippen molar-refractivity contribution in [3.8, 4) is 23.0 Å². The van der Waals surface area contributed by atoms with E-state index in [9.17, 15) is 10.2 Å². The molecule has 3 aromatic rings. The number of thioether (sulfide) groups is 1. The SMILES string of the molecule is C[C@H]1CCCN1CCOc1ccc([C@@H]2Oc3ccc(O)cc3S[C@@H]2c2ccc(O)cc2)cc1.Cl. The summed E-state index contributed by atoms with van der Waals surface area (Å²) in [5, 5.41) is 19.6. The summed E-state index contributed by atoms with van der Waals surface area (Å²) in [6.07, 6.45) is 2.34. The van der Waals surface area contributed by atoms with Crippen molar-refractivity contribution < 1.29 is 19.7 Å². The van der Waals surface area contributed by atoms with Crippen molar-refractivity contribution in [3.05, 3.63) is 77.9 Å². The van der Waals surface area contributed by atoms with E-state index in [0.29, 0.717) is 12.6 Å². The van der Waals surface area contributed by atoms with Crippen LogP contribution in [0, 0.1) is 0 Å². The summed E-state index contributed by atoms with van der Waals surface area (Å²) in [6, 6.07) is 21.3. The lowest BCUT2D eigenvalue weighted by atomic mass is 10.00. The second kappa shape index (κ2) is 10.8. The fourth-order valence-corrected chi connectivity index (χ4v) is 5.92. The monoisotopic (exact) mass is 499 g/mol. The summed E-state index contributed by atoms with van der Waals surface area (Å²) < 4.78 is 12.4. The molecule has 0 amide bonds. The van der Waals surface area contributed by atoms with Gasteiger partial charge >= 0.3 is 0 Å². The molecule has 5 nitrogen and oxygen atoms in total. The fourth-order valence-electron chi connectivity index (χ4n) is 4.59. The summed E-state index contributed by atoms with van der Waals surface area (Å²) >= 11 is 1.66. The maximum atomic E-state index is 9.93. The zero-order chi connectivity index (χ0) is 22.8. The first-order valence-electron chi connectivity index (χ1n) is 11.5. The summed E-state index contributed by atoms with van der Waals surface area (Å²) in [7, 11) is 0. The van der Waals surface area contributed by atoms with Crippen LogP contribution in [0.25, 0.3) is 0 Å². The van der Waals surface area contributed by atoms with Crippen LogP contribution in [0.1, 0.15) is 42.2 Å². The highest BCUT2D eigenvalue weighted by molar-refractivity contribution is 7.99. The van der Waals surface area contributed by atoms with Crippen molar-refractivity contribution in [1.82, 2.24) is 4.90 Å². The molecule has 0 saturated carbocycles. The Morgan fingerprint density at radius 2 is 1.68 bits per heavy atom. The minimum absolute atomic E-state index is 0. The molecule has 0 bridgehead atoms. The van der Waals surface area contributed by atoms with E-state index in [0.717, 1.165) is 40.6 Å². The number of likely N-dealkylation sites (tertiary alicyclic amines) is 1. The smallest absolute Gasteiger partial charge is 0.140 e. The average molecular weight is 500 g/mol. The van der Waals surface area contributed by atoms with Crippen LogP contribution in [-0.2, 0) is 0 Å². The molecule has 0 unspecified atom stereocenters. The van der Waals surface area contributed by atoms with Gasteiger partial charge in [-0.05, 0) is 79.9 Å². The molecule has 180 valence electrons. The maximum absolute atomic E-state index is 9.93. The summed E-state index contributed by atoms with van der Waals surface area (Å²) in [6.45, 7) is 5.09. The zero-order valence-electron chi connectivity index (χ0n) is 19.1. The van der Waals surface area contributed by atoms with E-state index >= 15 is 0 Å². The number of fused-ring (bicyclic) bond motifs is 1. The third-order valence-corrected chi connectivity index (χ3v) is 7.82. The number of rotatable bonds is 6. The largest absolute Gasteiger partial charge is 0.508 e. The molecular formula is C27H30ClNO4S. The van der Waals surface area contributed by atoms with Gasteiger partial charge < -0.3 is 19.7 Å². The van der Waals surface area contributed by atoms with Crippen molar-refractivity contribution in [1.29, 1.82) is 0 Å². The number of phenolic OH excluding ortho intramolecular Hbond substituents is 2. The van der Waals surface area contributed by atoms with Crippen LogP contribution in [0.2, 0.25) is 0 Å². The van der Waals surface area contributed by atoms with Gasteiger partial charge in [-0.1, -0.05) is 24.3 Å². The third kappa shape index (κ3) is 5.40. The molecule has 2 aliphatic heterocycles. The number of nitrogens with zero attached hydrogens (tertiary/aromatic N) is 1. The van der Waals surface area contributed by atoms with Gasteiger partial charge in [-0.15, -0.1) is 24.2 Å². The molecule has 3 aromatic carbocycles. The number of aromatic hydroxyl groups is 2. The van der Waals surface area contributed by atoms with Crippen LogP contribution in [-0.4, -0.2) is 40.9 Å². The Morgan fingerprint density at radius 1 is 0.971 bits per heavy atom. The van der Waals surface area contributed by atoms with Gasteiger partial charge in [0.25, 0.3) is 0 Å². The summed E-state index contributed by atoms with van der Waals surface area (Å²) in [4.78, 5) is 3.39. The predicted molar refractivity (Wildman–Crippen MR) is 138 cm³/mol. The van der Waals surface area contributed by atoms with Crippen molar-refractivity contribution in [2.75, 3.05) is 19.7 Å². The minimum Gasteiger partial charge on any atom is -0.508 e. The van der Waals surface area contributed by atoms with Crippen molar-refractivity contribution in [3.63, 3.8) is 0 Å². The lowest BCUT2D eigenvalue weighted by molar-refractivity contribution is 0.190. The Bertz CT molecular complexity index is 1090. The van der Waals surface area contributed by atoms with E-state index < -0.39 is 0 Å². The Hall–Kier alpha value is -2.54. The predicted octanol–water partition coefficient (Wildman–Crippen LogP) is 6.35. The van der Waals surface area contributed by atoms with Crippen molar-refractivity contribution in [2.45, 2.75) is 42.1 Å². The van der Waals surface area contributed by atoms with Crippen molar-refractivity contribution >= 4 is 24.2 Å². The molecule has 1 fully saturated rings. The second-order valence-electron chi connectivity index (χ2n) is 8.74. The normalized spacial score (nSPS) is 21.9. The van der Waals surface area contributed by atoms with E-state index in [1.807, 2.05) is 30.3 Å². The zero-order valence-corrected chi connectivity index (χ0v) is 20.7. The van der Waals surface area contributed by atoms with Crippen LogP contribution < -0.4 is 9.47 Å². The van der Waals surface area contributed by atoms with Gasteiger partial charge in [0.2, 0.25) is 0 Å². The number of phenols is 2. The second-order valence-corrected chi connectivity index (χ2v) is 9.93. The van der Waals surface area contributed by atoms with Crippen molar-refractivity contribution in [2.24, 2.45) is 0 Å². The molecule has 5 rings (SSSR count). The highest BCUT2D eigenvalue weighted by Gasteiger charge is 2.33. The lowest BCUT2D eigenvalue weighted by Gasteiger charge is -2.34. The molecule has 34 heavy (non-hydrogen) atoms. The van der Waals surface area contributed by atoms with Crippen LogP contribution >= 0.6 is 24.2 Å². The van der Waals surface area contributed by atoms with Gasteiger partial charge in [0.05, 0.1) is 10.1 Å². The van der Waals surface area contributed by atoms with Gasteiger partial charge in [0.1, 0.15) is 35.7 Å². The molecule has 2 heterocycles. The van der Waals surface area contributed by atoms with Gasteiger partial charge in [0, 0.05) is 12.6 Å². The molecule has 0 aliphatic carbocycles. The summed E-state index contributed by atoms with van der Waals surface area (Å²) in [5.74, 6) is 2.08. The standard InChI is InChI=1S/C27H29NO4S.ClH/c1-18-3-2-14-28(18)15-16-31-23-11-6-19(7-12-23)26-27(20-4-8-21(29)9-5-20)33-25-17-22(30)10-13-24(25)32-26;/h4-13,17-18,26-27,29-30H,2-3,14-16H2,1H3;1H/t18-,26-,27+;/m0./s1. The molecular weight excluding hydrogens is 470 g/mol. The van der Waals surface area contributed by atoms with E-state index in [1.165, 1.54) is 12.8 Å². The Kier molecular flexibility index (Phi) is 7.81. The first-order chi connectivity index (χ1) is 16.1. The topological polar surface area (TPSA) is 62.2 Å². The van der Waals surface area contributed by atoms with Gasteiger partial charge in [-0.2, -0.15) is 0 Å². The lowest BCUT2D eigenvalue weighted by Crippen LogP contribution is -2.31. The van der Waals surface area contributed by atoms with E-state index in [4.69, 9.17) is 9.47 Å². The number of benzene rings is 3. The van der Waals surface area contributed by atoms with E-state index in [-0.39, 0.29) is 35.3 Å². The fraction of sp³-hybridized carbons (Fsp3) is 0.333. The molecule has 2 aliphatic rings. The number of ether oxygens (including phenoxy) is 2. The van der Waals surface area contributed by atoms with Crippen LogP contribution in [0.3, 0.4) is 0 Å². The first kappa shape index (κ1) is 24.6. The highest BCUT2D eigenvalue weighted by atomic mass is 35.5. The van der Waals surface area contributed by atoms with E-state index in [2.05, 4.69) is 24.0 Å². The Balaban J connectivity index is 0.00000274. The number of halogens is 1.